The third-order valence-corrected chi connectivity index (χ3v) is 4.78. The molecule has 26 heavy (non-hydrogen) atoms. The first-order valence-corrected chi connectivity index (χ1v) is 8.66. The van der Waals surface area contributed by atoms with Gasteiger partial charge in [-0.15, -0.1) is 10.2 Å². The number of hydrogen-bond donors (Lipinski definition) is 0. The molecule has 0 radical (unpaired) electrons. The van der Waals surface area contributed by atoms with Crippen molar-refractivity contribution in [2.24, 2.45) is 7.05 Å². The van der Waals surface area contributed by atoms with Gasteiger partial charge in [0.05, 0.1) is 12.1 Å². The summed E-state index contributed by atoms with van der Waals surface area (Å²) in [5, 5.41) is 8.39. The van der Waals surface area contributed by atoms with Crippen molar-refractivity contribution >= 4 is 11.6 Å². The van der Waals surface area contributed by atoms with Crippen LogP contribution >= 0.6 is 0 Å². The molecule has 1 aliphatic rings. The van der Waals surface area contributed by atoms with E-state index in [0.717, 1.165) is 24.0 Å². The molecule has 0 aliphatic carbocycles. The number of benzene rings is 2. The van der Waals surface area contributed by atoms with Crippen LogP contribution in [0.15, 0.2) is 48.5 Å². The number of nitrogens with zero attached hydrogens (tertiary/aromatic N) is 4. The van der Waals surface area contributed by atoms with Crippen LogP contribution in [0.4, 0.5) is 10.1 Å². The van der Waals surface area contributed by atoms with E-state index in [1.54, 1.807) is 11.0 Å². The summed E-state index contributed by atoms with van der Waals surface area (Å²) in [6, 6.07) is 14.7. The Morgan fingerprint density at radius 3 is 2.73 bits per heavy atom. The van der Waals surface area contributed by atoms with Crippen molar-refractivity contribution < 1.29 is 9.18 Å². The Hall–Kier alpha value is -3.02. The van der Waals surface area contributed by atoms with E-state index in [4.69, 9.17) is 0 Å². The second-order valence-electron chi connectivity index (χ2n) is 6.44. The van der Waals surface area contributed by atoms with Crippen LogP contribution in [0.25, 0.3) is 11.4 Å². The highest BCUT2D eigenvalue weighted by molar-refractivity contribution is 5.95. The molecule has 0 N–H and O–H groups in total. The van der Waals surface area contributed by atoms with E-state index < -0.39 is 0 Å². The molecule has 4 rings (SSSR count). The molecule has 1 amide bonds. The topological polar surface area (TPSA) is 51.0 Å². The number of carbonyl (C=O) groups excluding carboxylic acids is 1. The van der Waals surface area contributed by atoms with Crippen LogP contribution < -0.4 is 4.90 Å². The Bertz CT molecular complexity index is 952. The summed E-state index contributed by atoms with van der Waals surface area (Å²) in [4.78, 5) is 14.4. The number of halogens is 1. The lowest BCUT2D eigenvalue weighted by atomic mass is 10.0. The number of carbonyl (C=O) groups is 1. The minimum absolute atomic E-state index is 0.0874. The zero-order valence-corrected chi connectivity index (χ0v) is 14.5. The van der Waals surface area contributed by atoms with E-state index in [9.17, 15) is 9.18 Å². The SMILES string of the molecule is Cn1c(CC(=O)N2CCCc3cccc(F)c32)nnc1-c1ccccc1. The Labute approximate surface area is 151 Å². The van der Waals surface area contributed by atoms with Gasteiger partial charge in [-0.25, -0.2) is 4.39 Å². The van der Waals surface area contributed by atoms with Gasteiger partial charge in [0.15, 0.2) is 5.82 Å². The van der Waals surface area contributed by atoms with E-state index >= 15 is 0 Å². The van der Waals surface area contributed by atoms with Gasteiger partial charge < -0.3 is 9.47 Å². The van der Waals surface area contributed by atoms with Gasteiger partial charge in [-0.2, -0.15) is 0 Å². The van der Waals surface area contributed by atoms with Crippen molar-refractivity contribution in [1.29, 1.82) is 0 Å². The summed E-state index contributed by atoms with van der Waals surface area (Å²) < 4.78 is 16.1. The molecule has 132 valence electrons. The van der Waals surface area contributed by atoms with Crippen molar-refractivity contribution in [1.82, 2.24) is 14.8 Å². The third-order valence-electron chi connectivity index (χ3n) is 4.78. The molecule has 0 bridgehead atoms. The van der Waals surface area contributed by atoms with Gasteiger partial charge >= 0.3 is 0 Å². The van der Waals surface area contributed by atoms with Crippen molar-refractivity contribution in [2.75, 3.05) is 11.4 Å². The van der Waals surface area contributed by atoms with Crippen LogP contribution in [0.1, 0.15) is 17.8 Å². The Balaban J connectivity index is 1.60. The van der Waals surface area contributed by atoms with Crippen LogP contribution in [0, 0.1) is 5.82 Å². The summed E-state index contributed by atoms with van der Waals surface area (Å²) in [6.45, 7) is 0.524. The molecular formula is C20H19FN4O. The number of hydrogen-bond acceptors (Lipinski definition) is 3. The Morgan fingerprint density at radius 1 is 1.12 bits per heavy atom. The van der Waals surface area contributed by atoms with Gasteiger partial charge in [0.2, 0.25) is 5.91 Å². The maximum atomic E-state index is 14.3. The molecule has 0 unspecified atom stereocenters. The number of rotatable bonds is 3. The van der Waals surface area contributed by atoms with E-state index in [1.165, 1.54) is 6.07 Å². The van der Waals surface area contributed by atoms with E-state index in [-0.39, 0.29) is 18.1 Å². The normalized spacial score (nSPS) is 13.5. The zero-order chi connectivity index (χ0) is 18.1. The zero-order valence-electron chi connectivity index (χ0n) is 14.5. The molecule has 3 aromatic rings. The fourth-order valence-corrected chi connectivity index (χ4v) is 3.44. The molecule has 0 saturated heterocycles. The molecule has 1 aliphatic heterocycles. The average Bonchev–Trinajstić information content (AvgIpc) is 3.02. The highest BCUT2D eigenvalue weighted by Crippen LogP contribution is 2.30. The molecule has 2 heterocycles. The molecule has 0 fully saturated rings. The summed E-state index contributed by atoms with van der Waals surface area (Å²) in [5.41, 5.74) is 2.23. The van der Waals surface area contributed by atoms with Gasteiger partial charge in [-0.05, 0) is 24.5 Å². The van der Waals surface area contributed by atoms with E-state index in [1.807, 2.05) is 48.0 Å². The number of aryl methyl sites for hydroxylation is 1. The highest BCUT2D eigenvalue weighted by atomic mass is 19.1. The molecular weight excluding hydrogens is 331 g/mol. The molecule has 2 aromatic carbocycles. The summed E-state index contributed by atoms with van der Waals surface area (Å²) in [5.74, 6) is 0.764. The summed E-state index contributed by atoms with van der Waals surface area (Å²) >= 11 is 0. The molecule has 1 aromatic heterocycles. The second kappa shape index (κ2) is 6.71. The van der Waals surface area contributed by atoms with Crippen LogP contribution in [-0.4, -0.2) is 27.2 Å². The lowest BCUT2D eigenvalue weighted by Crippen LogP contribution is -2.37. The van der Waals surface area contributed by atoms with Crippen molar-refractivity contribution in [3.63, 3.8) is 0 Å². The van der Waals surface area contributed by atoms with Crippen LogP contribution in [0.3, 0.4) is 0 Å². The number of anilines is 1. The lowest BCUT2D eigenvalue weighted by Gasteiger charge is -2.29. The molecule has 0 saturated carbocycles. The molecule has 5 nitrogen and oxygen atoms in total. The van der Waals surface area contributed by atoms with Gasteiger partial charge in [0, 0.05) is 19.2 Å². The Kier molecular flexibility index (Phi) is 4.24. The maximum Gasteiger partial charge on any atom is 0.234 e. The van der Waals surface area contributed by atoms with Gasteiger partial charge in [0.25, 0.3) is 0 Å². The monoisotopic (exact) mass is 350 g/mol. The quantitative estimate of drug-likeness (QED) is 0.729. The fraction of sp³-hybridized carbons (Fsp3) is 0.250. The molecule has 6 heteroatoms. The third kappa shape index (κ3) is 2.87. The lowest BCUT2D eigenvalue weighted by molar-refractivity contribution is -0.118. The maximum absolute atomic E-state index is 14.3. The number of amides is 1. The minimum Gasteiger partial charge on any atom is -0.314 e. The number of aromatic nitrogens is 3. The minimum atomic E-state index is -0.349. The summed E-state index contributed by atoms with van der Waals surface area (Å²) in [6.07, 6.45) is 1.71. The first-order chi connectivity index (χ1) is 12.6. The van der Waals surface area contributed by atoms with Gasteiger partial charge in [0.1, 0.15) is 11.6 Å². The van der Waals surface area contributed by atoms with Crippen molar-refractivity contribution in [2.45, 2.75) is 19.3 Å². The summed E-state index contributed by atoms with van der Waals surface area (Å²) in [7, 11) is 1.84. The van der Waals surface area contributed by atoms with Crippen molar-refractivity contribution in [3.05, 3.63) is 65.7 Å². The first kappa shape index (κ1) is 16.4. The molecule has 0 spiro atoms. The largest absolute Gasteiger partial charge is 0.314 e. The number of para-hydroxylation sites is 1. The predicted molar refractivity (Wildman–Crippen MR) is 97.2 cm³/mol. The average molecular weight is 350 g/mol. The van der Waals surface area contributed by atoms with E-state index in [0.29, 0.717) is 23.9 Å². The van der Waals surface area contributed by atoms with Gasteiger partial charge in [-0.3, -0.25) is 4.79 Å². The van der Waals surface area contributed by atoms with Crippen molar-refractivity contribution in [3.8, 4) is 11.4 Å². The smallest absolute Gasteiger partial charge is 0.234 e. The second-order valence-corrected chi connectivity index (χ2v) is 6.44. The highest BCUT2D eigenvalue weighted by Gasteiger charge is 2.26. The van der Waals surface area contributed by atoms with E-state index in [2.05, 4.69) is 10.2 Å². The van der Waals surface area contributed by atoms with Crippen LogP contribution in [0.5, 0.6) is 0 Å². The Morgan fingerprint density at radius 2 is 1.92 bits per heavy atom. The number of fused-ring (bicyclic) bond motifs is 1. The van der Waals surface area contributed by atoms with Crippen LogP contribution in [-0.2, 0) is 24.7 Å². The standard InChI is InChI=1S/C20H19FN4O/c1-24-17(22-23-20(24)15-7-3-2-4-8-15)13-18(26)25-12-6-10-14-9-5-11-16(21)19(14)25/h2-5,7-9,11H,6,10,12-13H2,1H3. The first-order valence-electron chi connectivity index (χ1n) is 8.66. The fourth-order valence-electron chi connectivity index (χ4n) is 3.44. The predicted octanol–water partition coefficient (Wildman–Crippen LogP) is 3.14. The van der Waals surface area contributed by atoms with Crippen LogP contribution in [0.2, 0.25) is 0 Å². The van der Waals surface area contributed by atoms with Gasteiger partial charge in [-0.1, -0.05) is 42.5 Å². The molecule has 0 atom stereocenters.